The van der Waals surface area contributed by atoms with Crippen LogP contribution in [0.3, 0.4) is 0 Å². The average Bonchev–Trinajstić information content (AvgIpc) is 2.72. The molecule has 1 aromatic heterocycles. The molecule has 0 saturated heterocycles. The van der Waals surface area contributed by atoms with Crippen molar-refractivity contribution in [2.75, 3.05) is 4.90 Å². The molecule has 4 aromatic rings. The largest absolute Gasteiger partial charge is 0.322 e. The summed E-state index contributed by atoms with van der Waals surface area (Å²) >= 11 is 0. The lowest BCUT2D eigenvalue weighted by atomic mass is 10.1. The third kappa shape index (κ3) is 3.97. The molecular formula is C25H22N2O2. The van der Waals surface area contributed by atoms with Crippen molar-refractivity contribution in [3.8, 4) is 0 Å². The van der Waals surface area contributed by atoms with Gasteiger partial charge in [-0.1, -0.05) is 53.6 Å². The van der Waals surface area contributed by atoms with Crippen molar-refractivity contribution in [1.82, 2.24) is 4.98 Å². The van der Waals surface area contributed by atoms with Gasteiger partial charge in [-0.15, -0.1) is 0 Å². The summed E-state index contributed by atoms with van der Waals surface area (Å²) in [5.41, 5.74) is 5.04. The minimum absolute atomic E-state index is 0.0989. The Hall–Kier alpha value is -3.66. The quantitative estimate of drug-likeness (QED) is 0.540. The summed E-state index contributed by atoms with van der Waals surface area (Å²) in [6.45, 7) is 4.31. The van der Waals surface area contributed by atoms with Gasteiger partial charge >= 0.3 is 0 Å². The van der Waals surface area contributed by atoms with Gasteiger partial charge in [-0.3, -0.25) is 9.59 Å². The van der Waals surface area contributed by atoms with Crippen LogP contribution in [-0.2, 0) is 6.54 Å². The van der Waals surface area contributed by atoms with Gasteiger partial charge in [0.25, 0.3) is 5.91 Å². The number of hydrogen-bond acceptors (Lipinski definition) is 2. The van der Waals surface area contributed by atoms with Crippen molar-refractivity contribution in [3.05, 3.63) is 111 Å². The summed E-state index contributed by atoms with van der Waals surface area (Å²) in [7, 11) is 0. The second-order valence-electron chi connectivity index (χ2n) is 7.30. The predicted molar refractivity (Wildman–Crippen MR) is 117 cm³/mol. The van der Waals surface area contributed by atoms with E-state index in [1.807, 2.05) is 86.6 Å². The molecule has 0 radical (unpaired) electrons. The maximum atomic E-state index is 13.4. The number of pyridine rings is 1. The minimum Gasteiger partial charge on any atom is -0.322 e. The van der Waals surface area contributed by atoms with Gasteiger partial charge in [0.2, 0.25) is 5.56 Å². The highest BCUT2D eigenvalue weighted by molar-refractivity contribution is 6.06. The summed E-state index contributed by atoms with van der Waals surface area (Å²) in [5, 5.41) is 0.931. The first-order chi connectivity index (χ1) is 14.0. The molecule has 0 aliphatic heterocycles. The van der Waals surface area contributed by atoms with E-state index < -0.39 is 0 Å². The number of anilines is 1. The van der Waals surface area contributed by atoms with E-state index in [1.54, 1.807) is 11.0 Å². The number of H-pyrrole nitrogens is 1. The van der Waals surface area contributed by atoms with Crippen LogP contribution in [0, 0.1) is 13.8 Å². The van der Waals surface area contributed by atoms with E-state index in [0.29, 0.717) is 12.1 Å². The molecular weight excluding hydrogens is 360 g/mol. The van der Waals surface area contributed by atoms with Gasteiger partial charge in [0.1, 0.15) is 0 Å². The Balaban J connectivity index is 1.81. The molecule has 0 saturated carbocycles. The standard InChI is InChI=1S/C25H22N2O2/c1-17-7-11-19(12-8-17)25(29)27(21-13-9-18(2)10-14-21)16-20-15-24(28)26-23-6-4-3-5-22(20)23/h3-15H,16H2,1-2H3,(H,26,28). The molecule has 0 bridgehead atoms. The highest BCUT2D eigenvalue weighted by Crippen LogP contribution is 2.24. The molecule has 4 nitrogen and oxygen atoms in total. The van der Waals surface area contributed by atoms with Crippen LogP contribution >= 0.6 is 0 Å². The van der Waals surface area contributed by atoms with Crippen LogP contribution in [0.15, 0.2) is 83.7 Å². The zero-order chi connectivity index (χ0) is 20.4. The third-order valence-electron chi connectivity index (χ3n) is 5.05. The molecule has 4 rings (SSSR count). The Labute approximate surface area is 169 Å². The zero-order valence-electron chi connectivity index (χ0n) is 16.5. The highest BCUT2D eigenvalue weighted by Gasteiger charge is 2.19. The third-order valence-corrected chi connectivity index (χ3v) is 5.05. The fourth-order valence-corrected chi connectivity index (χ4v) is 3.44. The number of para-hydroxylation sites is 1. The Bertz CT molecular complexity index is 1220. The van der Waals surface area contributed by atoms with Crippen molar-refractivity contribution in [2.24, 2.45) is 0 Å². The van der Waals surface area contributed by atoms with E-state index in [-0.39, 0.29) is 11.5 Å². The minimum atomic E-state index is -0.176. The van der Waals surface area contributed by atoms with Crippen LogP contribution in [0.4, 0.5) is 5.69 Å². The van der Waals surface area contributed by atoms with E-state index in [0.717, 1.165) is 33.3 Å². The maximum Gasteiger partial charge on any atom is 0.258 e. The first kappa shape index (κ1) is 18.7. The number of carbonyl (C=O) groups is 1. The van der Waals surface area contributed by atoms with Gasteiger partial charge in [0.05, 0.1) is 6.54 Å². The van der Waals surface area contributed by atoms with Gasteiger partial charge in [-0.05, 0) is 49.7 Å². The van der Waals surface area contributed by atoms with Crippen molar-refractivity contribution in [2.45, 2.75) is 20.4 Å². The number of aryl methyl sites for hydroxylation is 2. The lowest BCUT2D eigenvalue weighted by Gasteiger charge is -2.24. The monoisotopic (exact) mass is 382 g/mol. The molecule has 1 amide bonds. The summed E-state index contributed by atoms with van der Waals surface area (Å²) < 4.78 is 0. The number of nitrogens with zero attached hydrogens (tertiary/aromatic N) is 1. The molecule has 0 aliphatic carbocycles. The second kappa shape index (κ2) is 7.76. The van der Waals surface area contributed by atoms with Crippen molar-refractivity contribution < 1.29 is 4.79 Å². The van der Waals surface area contributed by atoms with Gasteiger partial charge in [-0.2, -0.15) is 0 Å². The number of amides is 1. The van der Waals surface area contributed by atoms with Gasteiger partial charge < -0.3 is 9.88 Å². The Morgan fingerprint density at radius 1 is 0.862 bits per heavy atom. The van der Waals surface area contributed by atoms with Crippen LogP contribution in [0.2, 0.25) is 0 Å². The first-order valence-electron chi connectivity index (χ1n) is 9.57. The van der Waals surface area contributed by atoms with E-state index in [2.05, 4.69) is 4.98 Å². The fraction of sp³-hybridized carbons (Fsp3) is 0.120. The van der Waals surface area contributed by atoms with E-state index >= 15 is 0 Å². The number of carbonyl (C=O) groups excluding carboxylic acids is 1. The maximum absolute atomic E-state index is 13.4. The Morgan fingerprint density at radius 2 is 1.48 bits per heavy atom. The van der Waals surface area contributed by atoms with Crippen molar-refractivity contribution in [1.29, 1.82) is 0 Å². The van der Waals surface area contributed by atoms with Gasteiger partial charge in [0.15, 0.2) is 0 Å². The lowest BCUT2D eigenvalue weighted by molar-refractivity contribution is 0.0985. The molecule has 144 valence electrons. The second-order valence-corrected chi connectivity index (χ2v) is 7.30. The number of rotatable bonds is 4. The normalized spacial score (nSPS) is 10.8. The van der Waals surface area contributed by atoms with Crippen molar-refractivity contribution >= 4 is 22.5 Å². The first-order valence-corrected chi connectivity index (χ1v) is 9.57. The molecule has 0 fully saturated rings. The van der Waals surface area contributed by atoms with Crippen LogP contribution in [0.5, 0.6) is 0 Å². The van der Waals surface area contributed by atoms with Crippen LogP contribution in [0.1, 0.15) is 27.0 Å². The molecule has 4 heteroatoms. The molecule has 0 aliphatic rings. The topological polar surface area (TPSA) is 53.2 Å². The van der Waals surface area contributed by atoms with Crippen LogP contribution < -0.4 is 10.5 Å². The molecule has 1 heterocycles. The predicted octanol–water partition coefficient (Wildman–Crippen LogP) is 4.99. The van der Waals surface area contributed by atoms with Crippen molar-refractivity contribution in [3.63, 3.8) is 0 Å². The number of aromatic nitrogens is 1. The molecule has 3 aromatic carbocycles. The summed E-state index contributed by atoms with van der Waals surface area (Å²) in [4.78, 5) is 30.2. The zero-order valence-corrected chi connectivity index (χ0v) is 16.5. The fourth-order valence-electron chi connectivity index (χ4n) is 3.44. The molecule has 0 unspecified atom stereocenters. The van der Waals surface area contributed by atoms with Crippen LogP contribution in [-0.4, -0.2) is 10.9 Å². The van der Waals surface area contributed by atoms with E-state index in [4.69, 9.17) is 0 Å². The lowest BCUT2D eigenvalue weighted by Crippen LogP contribution is -2.31. The molecule has 1 N–H and O–H groups in total. The van der Waals surface area contributed by atoms with Gasteiger partial charge in [-0.25, -0.2) is 0 Å². The number of fused-ring (bicyclic) bond motifs is 1. The highest BCUT2D eigenvalue weighted by atomic mass is 16.2. The number of benzene rings is 3. The Morgan fingerprint density at radius 3 is 2.17 bits per heavy atom. The number of nitrogens with one attached hydrogen (secondary N) is 1. The molecule has 0 atom stereocenters. The van der Waals surface area contributed by atoms with E-state index in [1.165, 1.54) is 0 Å². The molecule has 0 spiro atoms. The van der Waals surface area contributed by atoms with Gasteiger partial charge in [0, 0.05) is 28.2 Å². The summed E-state index contributed by atoms with van der Waals surface area (Å²) in [6.07, 6.45) is 0. The van der Waals surface area contributed by atoms with E-state index in [9.17, 15) is 9.59 Å². The number of hydrogen-bond donors (Lipinski definition) is 1. The summed E-state index contributed by atoms with van der Waals surface area (Å²) in [6, 6.07) is 24.6. The smallest absolute Gasteiger partial charge is 0.258 e. The number of aromatic amines is 1. The Kier molecular flexibility index (Phi) is 5.00. The average molecular weight is 382 g/mol. The van der Waals surface area contributed by atoms with Crippen LogP contribution in [0.25, 0.3) is 10.9 Å². The SMILES string of the molecule is Cc1ccc(C(=O)N(Cc2cc(=O)[nH]c3ccccc23)c2ccc(C)cc2)cc1. The summed E-state index contributed by atoms with van der Waals surface area (Å²) in [5.74, 6) is -0.0989. The molecule has 29 heavy (non-hydrogen) atoms.